The monoisotopic (exact) mass is 496 g/mol. The summed E-state index contributed by atoms with van der Waals surface area (Å²) >= 11 is 5.54. The number of rotatable bonds is 10. The molecule has 0 aliphatic rings. The minimum Gasteiger partial charge on any atom is -0.494 e. The van der Waals surface area contributed by atoms with E-state index in [1.54, 1.807) is 6.07 Å². The van der Waals surface area contributed by atoms with Gasteiger partial charge in [-0.25, -0.2) is 13.2 Å². The maximum atomic E-state index is 15.1. The van der Waals surface area contributed by atoms with Gasteiger partial charge in [-0.1, -0.05) is 67.4 Å². The van der Waals surface area contributed by atoms with E-state index in [4.69, 9.17) is 16.3 Å². The van der Waals surface area contributed by atoms with Gasteiger partial charge in [-0.3, -0.25) is 0 Å². The Labute approximate surface area is 209 Å². The number of hydrogen-bond donors (Lipinski definition) is 0. The first kappa shape index (κ1) is 25.1. The van der Waals surface area contributed by atoms with Crippen molar-refractivity contribution >= 4 is 22.4 Å². The summed E-state index contributed by atoms with van der Waals surface area (Å²) in [5.41, 5.74) is 3.33. The standard InChI is InChI=1S/C30H28ClF3O/c1-2-3-16-35-25-13-7-20(8-14-25)4-5-21-9-15-26-24(17-21)12-11-23(30(26)34)10-6-22-18-27(32)29(31)28(33)19-22/h7-9,11-15,17-19H,2-6,10,16H2,1H3. The summed E-state index contributed by atoms with van der Waals surface area (Å²) in [7, 11) is 0. The lowest BCUT2D eigenvalue weighted by Crippen LogP contribution is -1.98. The topological polar surface area (TPSA) is 9.23 Å². The van der Waals surface area contributed by atoms with E-state index in [9.17, 15) is 8.78 Å². The van der Waals surface area contributed by atoms with Gasteiger partial charge in [-0.2, -0.15) is 0 Å². The van der Waals surface area contributed by atoms with Crippen LogP contribution in [0.2, 0.25) is 5.02 Å². The average Bonchev–Trinajstić information content (AvgIpc) is 2.86. The Kier molecular flexibility index (Phi) is 8.35. The SMILES string of the molecule is CCCCOc1ccc(CCc2ccc3c(F)c(CCc4cc(F)c(Cl)c(F)c4)ccc3c2)cc1. The number of hydrogen-bond acceptors (Lipinski definition) is 1. The molecule has 35 heavy (non-hydrogen) atoms. The number of fused-ring (bicyclic) bond motifs is 1. The molecule has 0 saturated carbocycles. The third-order valence-corrected chi connectivity index (χ3v) is 6.58. The summed E-state index contributed by atoms with van der Waals surface area (Å²) in [5.74, 6) is -0.998. The second-order valence-corrected chi connectivity index (χ2v) is 9.19. The Morgan fingerprint density at radius 3 is 2.09 bits per heavy atom. The molecule has 0 bridgehead atoms. The van der Waals surface area contributed by atoms with E-state index in [1.807, 2.05) is 36.4 Å². The molecule has 0 aromatic heterocycles. The van der Waals surface area contributed by atoms with Crippen molar-refractivity contribution in [3.63, 3.8) is 0 Å². The Bertz CT molecular complexity index is 1280. The van der Waals surface area contributed by atoms with Gasteiger partial charge >= 0.3 is 0 Å². The summed E-state index contributed by atoms with van der Waals surface area (Å²) < 4.78 is 48.2. The molecule has 0 amide bonds. The fourth-order valence-corrected chi connectivity index (χ4v) is 4.25. The van der Waals surface area contributed by atoms with Crippen molar-refractivity contribution in [1.29, 1.82) is 0 Å². The first-order valence-electron chi connectivity index (χ1n) is 12.0. The van der Waals surface area contributed by atoms with Crippen LogP contribution in [0.3, 0.4) is 0 Å². The van der Waals surface area contributed by atoms with Crippen LogP contribution in [0.15, 0.2) is 66.7 Å². The molecular formula is C30H28ClF3O. The molecular weight excluding hydrogens is 469 g/mol. The van der Waals surface area contributed by atoms with Gasteiger partial charge in [0, 0.05) is 5.39 Å². The normalized spacial score (nSPS) is 11.2. The van der Waals surface area contributed by atoms with Crippen molar-refractivity contribution in [3.05, 3.63) is 111 Å². The van der Waals surface area contributed by atoms with Crippen molar-refractivity contribution in [1.82, 2.24) is 0 Å². The molecule has 182 valence electrons. The fourth-order valence-electron chi connectivity index (χ4n) is 4.14. The van der Waals surface area contributed by atoms with E-state index in [1.165, 1.54) is 17.7 Å². The van der Waals surface area contributed by atoms with E-state index >= 15 is 4.39 Å². The van der Waals surface area contributed by atoms with Crippen LogP contribution < -0.4 is 4.74 Å². The number of unbranched alkanes of at least 4 members (excludes halogenated alkanes) is 1. The highest BCUT2D eigenvalue weighted by Crippen LogP contribution is 2.26. The first-order valence-corrected chi connectivity index (χ1v) is 12.4. The van der Waals surface area contributed by atoms with Gasteiger partial charge in [0.2, 0.25) is 0 Å². The molecule has 0 unspecified atom stereocenters. The Morgan fingerprint density at radius 2 is 1.37 bits per heavy atom. The molecule has 0 aliphatic carbocycles. The molecule has 0 radical (unpaired) electrons. The zero-order valence-corrected chi connectivity index (χ0v) is 20.5. The molecule has 4 rings (SSSR count). The molecule has 0 spiro atoms. The minimum absolute atomic E-state index is 0.289. The molecule has 0 fully saturated rings. The number of ether oxygens (including phenoxy) is 1. The Hall–Kier alpha value is -2.98. The molecule has 0 N–H and O–H groups in total. The highest BCUT2D eigenvalue weighted by atomic mass is 35.5. The van der Waals surface area contributed by atoms with Gasteiger partial charge in [-0.15, -0.1) is 0 Å². The second kappa shape index (κ2) is 11.6. The van der Waals surface area contributed by atoms with E-state index in [0.717, 1.165) is 49.0 Å². The van der Waals surface area contributed by atoms with Crippen LogP contribution in [0.25, 0.3) is 10.8 Å². The summed E-state index contributed by atoms with van der Waals surface area (Å²) in [6, 6.07) is 20.0. The smallest absolute Gasteiger partial charge is 0.145 e. The lowest BCUT2D eigenvalue weighted by molar-refractivity contribution is 0.309. The van der Waals surface area contributed by atoms with Gasteiger partial charge in [0.25, 0.3) is 0 Å². The number of halogens is 4. The van der Waals surface area contributed by atoms with Gasteiger partial charge in [-0.05, 0) is 84.0 Å². The van der Waals surface area contributed by atoms with Crippen molar-refractivity contribution < 1.29 is 17.9 Å². The third kappa shape index (κ3) is 6.37. The van der Waals surface area contributed by atoms with Crippen molar-refractivity contribution in [3.8, 4) is 5.75 Å². The molecule has 0 aliphatic heterocycles. The molecule has 4 aromatic rings. The average molecular weight is 497 g/mol. The fraction of sp³-hybridized carbons (Fsp3) is 0.267. The van der Waals surface area contributed by atoms with Gasteiger partial charge < -0.3 is 4.74 Å². The number of benzene rings is 4. The zero-order chi connectivity index (χ0) is 24.8. The predicted octanol–water partition coefficient (Wildman–Crippen LogP) is 8.66. The van der Waals surface area contributed by atoms with Crippen LogP contribution in [0, 0.1) is 17.5 Å². The second-order valence-electron chi connectivity index (χ2n) is 8.81. The molecule has 0 saturated heterocycles. The first-order chi connectivity index (χ1) is 16.9. The lowest BCUT2D eigenvalue weighted by Gasteiger charge is -2.10. The van der Waals surface area contributed by atoms with Crippen LogP contribution in [0.5, 0.6) is 5.75 Å². The summed E-state index contributed by atoms with van der Waals surface area (Å²) in [4.78, 5) is 0. The Morgan fingerprint density at radius 1 is 0.714 bits per heavy atom. The van der Waals surface area contributed by atoms with Crippen LogP contribution in [0.1, 0.15) is 42.0 Å². The quantitative estimate of drug-likeness (QED) is 0.158. The minimum atomic E-state index is -0.801. The molecule has 0 atom stereocenters. The van der Waals surface area contributed by atoms with E-state index < -0.39 is 16.7 Å². The number of aryl methyl sites for hydroxylation is 4. The van der Waals surface area contributed by atoms with Crippen LogP contribution in [0.4, 0.5) is 13.2 Å². The van der Waals surface area contributed by atoms with Gasteiger partial charge in [0.15, 0.2) is 0 Å². The summed E-state index contributed by atoms with van der Waals surface area (Å²) in [5, 5.41) is 0.871. The molecule has 0 heterocycles. The largest absolute Gasteiger partial charge is 0.494 e. The zero-order valence-electron chi connectivity index (χ0n) is 19.7. The van der Waals surface area contributed by atoms with E-state index in [2.05, 4.69) is 19.1 Å². The van der Waals surface area contributed by atoms with E-state index in [0.29, 0.717) is 29.4 Å². The van der Waals surface area contributed by atoms with Crippen molar-refractivity contribution in [2.24, 2.45) is 0 Å². The predicted molar refractivity (Wildman–Crippen MR) is 137 cm³/mol. The maximum absolute atomic E-state index is 15.1. The van der Waals surface area contributed by atoms with Gasteiger partial charge in [0.1, 0.15) is 28.2 Å². The highest BCUT2D eigenvalue weighted by Gasteiger charge is 2.12. The Balaban J connectivity index is 1.39. The van der Waals surface area contributed by atoms with Crippen molar-refractivity contribution in [2.45, 2.75) is 45.4 Å². The van der Waals surface area contributed by atoms with E-state index in [-0.39, 0.29) is 5.82 Å². The summed E-state index contributed by atoms with van der Waals surface area (Å²) in [6.45, 7) is 2.88. The molecule has 5 heteroatoms. The van der Waals surface area contributed by atoms with Gasteiger partial charge in [0.05, 0.1) is 6.61 Å². The maximum Gasteiger partial charge on any atom is 0.145 e. The molecule has 4 aromatic carbocycles. The highest BCUT2D eigenvalue weighted by molar-refractivity contribution is 6.30. The van der Waals surface area contributed by atoms with Crippen molar-refractivity contribution in [2.75, 3.05) is 6.61 Å². The third-order valence-electron chi connectivity index (χ3n) is 6.22. The molecule has 1 nitrogen and oxygen atoms in total. The summed E-state index contributed by atoms with van der Waals surface area (Å²) in [6.07, 6.45) is 4.55. The van der Waals surface area contributed by atoms with Crippen LogP contribution in [-0.2, 0) is 25.7 Å². The van der Waals surface area contributed by atoms with Crippen LogP contribution >= 0.6 is 11.6 Å². The lowest BCUT2D eigenvalue weighted by atomic mass is 9.97. The van der Waals surface area contributed by atoms with Crippen LogP contribution in [-0.4, -0.2) is 6.61 Å².